The molecule has 0 saturated carbocycles. The van der Waals surface area contributed by atoms with Crippen LogP contribution in [0.25, 0.3) is 22.6 Å². The van der Waals surface area contributed by atoms with E-state index < -0.39 is 5.97 Å². The predicted molar refractivity (Wildman–Crippen MR) is 132 cm³/mol. The second kappa shape index (κ2) is 9.13. The van der Waals surface area contributed by atoms with E-state index in [2.05, 4.69) is 24.0 Å². The van der Waals surface area contributed by atoms with Gasteiger partial charge < -0.3 is 9.67 Å². The molecule has 8 nitrogen and oxygen atoms in total. The molecule has 0 radical (unpaired) electrons. The molecule has 0 saturated heterocycles. The third kappa shape index (κ3) is 4.42. The van der Waals surface area contributed by atoms with Gasteiger partial charge in [-0.3, -0.25) is 14.5 Å². The Morgan fingerprint density at radius 3 is 2.66 bits per heavy atom. The highest BCUT2D eigenvalue weighted by Gasteiger charge is 2.30. The number of rotatable bonds is 7. The number of carboxylic acid groups (broad SMARTS) is 1. The summed E-state index contributed by atoms with van der Waals surface area (Å²) in [7, 11) is 0. The molecule has 35 heavy (non-hydrogen) atoms. The number of carboxylic acids is 1. The van der Waals surface area contributed by atoms with E-state index in [1.807, 2.05) is 65.2 Å². The molecule has 0 spiro atoms. The highest BCUT2D eigenvalue weighted by atomic mass is 16.4. The Labute approximate surface area is 202 Å². The number of anilines is 1. The number of amides is 1. The molecule has 0 bridgehead atoms. The standard InChI is InChI=1S/C27H25N5O3/c1-17(2)32-16-28-30-26(32)23-7-4-8-24(29-23)31-15-21-11-10-20(14-22(21)27(31)35)19-6-3-5-18(13-19)9-12-25(33)34/h3-8,10-11,13-14,16-17H,9,12,15H2,1-2H3,(H,33,34). The SMILES string of the molecule is CC(C)n1cnnc1-c1cccc(N2Cc3ccc(-c4cccc(CCC(=O)O)c4)cc3C2=O)n1. The van der Waals surface area contributed by atoms with E-state index in [0.717, 1.165) is 22.3 Å². The lowest BCUT2D eigenvalue weighted by atomic mass is 9.98. The summed E-state index contributed by atoms with van der Waals surface area (Å²) in [5, 5.41) is 17.2. The van der Waals surface area contributed by atoms with Gasteiger partial charge in [-0.2, -0.15) is 0 Å². The quantitative estimate of drug-likeness (QED) is 0.420. The molecule has 0 atom stereocenters. The van der Waals surface area contributed by atoms with Crippen LogP contribution < -0.4 is 4.90 Å². The molecule has 4 aromatic rings. The number of aromatic nitrogens is 4. The van der Waals surface area contributed by atoms with Gasteiger partial charge in [-0.15, -0.1) is 10.2 Å². The summed E-state index contributed by atoms with van der Waals surface area (Å²) in [6.07, 6.45) is 2.23. The number of aryl methyl sites for hydroxylation is 1. The average molecular weight is 468 g/mol. The summed E-state index contributed by atoms with van der Waals surface area (Å²) in [5.41, 5.74) is 5.08. The Balaban J connectivity index is 1.42. The van der Waals surface area contributed by atoms with Crippen LogP contribution in [0.15, 0.2) is 67.0 Å². The van der Waals surface area contributed by atoms with Gasteiger partial charge in [0, 0.05) is 18.0 Å². The lowest BCUT2D eigenvalue weighted by molar-refractivity contribution is -0.136. The molecule has 2 aromatic heterocycles. The Morgan fingerprint density at radius 1 is 1.06 bits per heavy atom. The van der Waals surface area contributed by atoms with Gasteiger partial charge in [0.1, 0.15) is 17.8 Å². The summed E-state index contributed by atoms with van der Waals surface area (Å²) in [6, 6.07) is 19.4. The van der Waals surface area contributed by atoms with Crippen molar-refractivity contribution in [3.8, 4) is 22.6 Å². The minimum atomic E-state index is -0.819. The number of aliphatic carboxylic acids is 1. The molecule has 1 aliphatic heterocycles. The van der Waals surface area contributed by atoms with Crippen LogP contribution in [0.5, 0.6) is 0 Å². The van der Waals surface area contributed by atoms with E-state index >= 15 is 0 Å². The first kappa shape index (κ1) is 22.5. The molecule has 1 amide bonds. The van der Waals surface area contributed by atoms with Gasteiger partial charge in [0.15, 0.2) is 5.82 Å². The number of hydrogen-bond donors (Lipinski definition) is 1. The molecule has 0 unspecified atom stereocenters. The van der Waals surface area contributed by atoms with Crippen LogP contribution in [0, 0.1) is 0 Å². The molecule has 2 aromatic carbocycles. The van der Waals surface area contributed by atoms with Crippen molar-refractivity contribution in [3.63, 3.8) is 0 Å². The fraction of sp³-hybridized carbons (Fsp3) is 0.222. The first-order valence-corrected chi connectivity index (χ1v) is 11.5. The van der Waals surface area contributed by atoms with Gasteiger partial charge in [0.2, 0.25) is 0 Å². The molecule has 0 aliphatic carbocycles. The van der Waals surface area contributed by atoms with Gasteiger partial charge in [-0.1, -0.05) is 42.5 Å². The third-order valence-electron chi connectivity index (χ3n) is 6.17. The second-order valence-electron chi connectivity index (χ2n) is 8.89. The molecular weight excluding hydrogens is 442 g/mol. The summed E-state index contributed by atoms with van der Waals surface area (Å²) >= 11 is 0. The maximum atomic E-state index is 13.4. The number of carbonyl (C=O) groups is 2. The largest absolute Gasteiger partial charge is 0.481 e. The lowest BCUT2D eigenvalue weighted by Gasteiger charge is -2.16. The minimum Gasteiger partial charge on any atom is -0.481 e. The average Bonchev–Trinajstić information content (AvgIpc) is 3.48. The summed E-state index contributed by atoms with van der Waals surface area (Å²) in [6.45, 7) is 4.55. The van der Waals surface area contributed by atoms with Gasteiger partial charge in [0.25, 0.3) is 5.91 Å². The molecule has 8 heteroatoms. The monoisotopic (exact) mass is 467 g/mol. The minimum absolute atomic E-state index is 0.0840. The normalized spacial score (nSPS) is 12.9. The highest BCUT2D eigenvalue weighted by Crippen LogP contribution is 2.32. The lowest BCUT2D eigenvalue weighted by Crippen LogP contribution is -2.24. The fourth-order valence-corrected chi connectivity index (χ4v) is 4.33. The molecule has 0 fully saturated rings. The van der Waals surface area contributed by atoms with Gasteiger partial charge in [0.05, 0.1) is 6.54 Å². The molecule has 1 aliphatic rings. The summed E-state index contributed by atoms with van der Waals surface area (Å²) < 4.78 is 1.95. The van der Waals surface area contributed by atoms with E-state index in [-0.39, 0.29) is 18.4 Å². The maximum absolute atomic E-state index is 13.4. The topological polar surface area (TPSA) is 101 Å². The van der Waals surface area contributed by atoms with Gasteiger partial charge >= 0.3 is 5.97 Å². The number of fused-ring (bicyclic) bond motifs is 1. The van der Waals surface area contributed by atoms with Crippen LogP contribution in [0.3, 0.4) is 0 Å². The number of hydrogen-bond acceptors (Lipinski definition) is 5. The van der Waals surface area contributed by atoms with Crippen LogP contribution in [0.1, 0.15) is 47.8 Å². The zero-order valence-corrected chi connectivity index (χ0v) is 19.5. The number of pyridine rings is 1. The summed E-state index contributed by atoms with van der Waals surface area (Å²) in [4.78, 5) is 30.7. The van der Waals surface area contributed by atoms with Crippen LogP contribution >= 0.6 is 0 Å². The van der Waals surface area contributed by atoms with Crippen molar-refractivity contribution in [2.24, 2.45) is 0 Å². The summed E-state index contributed by atoms with van der Waals surface area (Å²) in [5.74, 6) is 0.315. The fourth-order valence-electron chi connectivity index (χ4n) is 4.33. The number of benzene rings is 2. The van der Waals surface area contributed by atoms with E-state index in [1.54, 1.807) is 11.2 Å². The maximum Gasteiger partial charge on any atom is 0.303 e. The van der Waals surface area contributed by atoms with Crippen molar-refractivity contribution >= 4 is 17.7 Å². The van der Waals surface area contributed by atoms with Crippen LogP contribution in [0.2, 0.25) is 0 Å². The molecular formula is C27H25N5O3. The number of nitrogens with zero attached hydrogens (tertiary/aromatic N) is 5. The van der Waals surface area contributed by atoms with Crippen molar-refractivity contribution in [2.75, 3.05) is 4.90 Å². The third-order valence-corrected chi connectivity index (χ3v) is 6.17. The zero-order chi connectivity index (χ0) is 24.5. The first-order chi connectivity index (χ1) is 16.9. The van der Waals surface area contributed by atoms with Crippen molar-refractivity contribution in [1.29, 1.82) is 0 Å². The van der Waals surface area contributed by atoms with Crippen LogP contribution in [-0.4, -0.2) is 36.7 Å². The Bertz CT molecular complexity index is 1430. The molecule has 5 rings (SSSR count). The predicted octanol–water partition coefficient (Wildman–Crippen LogP) is 4.77. The molecule has 176 valence electrons. The Hall–Kier alpha value is -4.33. The van der Waals surface area contributed by atoms with Crippen molar-refractivity contribution in [3.05, 3.63) is 83.7 Å². The first-order valence-electron chi connectivity index (χ1n) is 11.5. The highest BCUT2D eigenvalue weighted by molar-refractivity contribution is 6.10. The second-order valence-corrected chi connectivity index (χ2v) is 8.89. The molecule has 3 heterocycles. The van der Waals surface area contributed by atoms with E-state index in [4.69, 9.17) is 10.1 Å². The van der Waals surface area contributed by atoms with E-state index in [1.165, 1.54) is 0 Å². The Kier molecular flexibility index (Phi) is 5.86. The van der Waals surface area contributed by atoms with Gasteiger partial charge in [-0.05, 0) is 60.7 Å². The van der Waals surface area contributed by atoms with Crippen molar-refractivity contribution < 1.29 is 14.7 Å². The van der Waals surface area contributed by atoms with Gasteiger partial charge in [-0.25, -0.2) is 4.98 Å². The smallest absolute Gasteiger partial charge is 0.303 e. The Morgan fingerprint density at radius 2 is 1.86 bits per heavy atom. The van der Waals surface area contributed by atoms with Crippen molar-refractivity contribution in [1.82, 2.24) is 19.7 Å². The zero-order valence-electron chi connectivity index (χ0n) is 19.5. The number of carbonyl (C=O) groups excluding carboxylic acids is 1. The van der Waals surface area contributed by atoms with Crippen LogP contribution in [0.4, 0.5) is 5.82 Å². The van der Waals surface area contributed by atoms with Crippen molar-refractivity contribution in [2.45, 2.75) is 39.3 Å². The van der Waals surface area contributed by atoms with E-state index in [0.29, 0.717) is 35.9 Å². The van der Waals surface area contributed by atoms with Crippen LogP contribution in [-0.2, 0) is 17.8 Å². The van der Waals surface area contributed by atoms with E-state index in [9.17, 15) is 9.59 Å². The molecule has 1 N–H and O–H groups in total.